The molecular weight excluding hydrogens is 403 g/mol. The average molecular weight is 420 g/mol. The molecule has 0 aliphatic carbocycles. The maximum absolute atomic E-state index is 12.6. The second kappa shape index (κ2) is 8.29. The van der Waals surface area contributed by atoms with Crippen molar-refractivity contribution in [3.63, 3.8) is 0 Å². The van der Waals surface area contributed by atoms with Crippen molar-refractivity contribution in [1.29, 1.82) is 0 Å². The molecule has 1 aromatic carbocycles. The highest BCUT2D eigenvalue weighted by Crippen LogP contribution is 2.29. The van der Waals surface area contributed by atoms with Crippen LogP contribution in [0, 0.1) is 0 Å². The number of aliphatic imine (C=N–C) groups is 1. The molecule has 1 aliphatic heterocycles. The highest BCUT2D eigenvalue weighted by atomic mass is 35.6. The van der Waals surface area contributed by atoms with Gasteiger partial charge in [-0.05, 0) is 19.4 Å². The molecule has 0 aromatic heterocycles. The number of halogens is 3. The van der Waals surface area contributed by atoms with Gasteiger partial charge in [0.2, 0.25) is 3.79 Å². The van der Waals surface area contributed by atoms with Gasteiger partial charge in [-0.15, -0.1) is 0 Å². The summed E-state index contributed by atoms with van der Waals surface area (Å²) in [4.78, 5) is 29.8. The Hall–Kier alpha value is -1.76. The van der Waals surface area contributed by atoms with E-state index in [1.165, 1.54) is 6.92 Å². The number of hydrogen-bond donors (Lipinski definition) is 1. The number of aliphatic hydroxyl groups excluding tert-OH is 1. The summed E-state index contributed by atoms with van der Waals surface area (Å²) in [5.74, 6) is -0.964. The molecule has 2 amide bonds. The maximum Gasteiger partial charge on any atom is 0.417 e. The van der Waals surface area contributed by atoms with Gasteiger partial charge in [-0.3, -0.25) is 9.79 Å². The average Bonchev–Trinajstić information content (AvgIpc) is 2.80. The van der Waals surface area contributed by atoms with E-state index in [1.54, 1.807) is 6.92 Å². The summed E-state index contributed by atoms with van der Waals surface area (Å²) >= 11 is 16.6. The van der Waals surface area contributed by atoms with E-state index in [2.05, 4.69) is 4.99 Å². The zero-order valence-corrected chi connectivity index (χ0v) is 16.3. The minimum Gasteiger partial charge on any atom is -0.509 e. The monoisotopic (exact) mass is 418 g/mol. The Kier molecular flexibility index (Phi) is 6.55. The molecule has 1 N–H and O–H groups in total. The smallest absolute Gasteiger partial charge is 0.417 e. The Morgan fingerprint density at radius 3 is 2.50 bits per heavy atom. The Morgan fingerprint density at radius 2 is 1.92 bits per heavy atom. The Balaban J connectivity index is 2.14. The van der Waals surface area contributed by atoms with Crippen molar-refractivity contribution in [1.82, 2.24) is 4.90 Å². The molecule has 9 heteroatoms. The van der Waals surface area contributed by atoms with Crippen molar-refractivity contribution in [3.8, 4) is 0 Å². The maximum atomic E-state index is 12.6. The lowest BCUT2D eigenvalue weighted by Crippen LogP contribution is -2.41. The molecule has 26 heavy (non-hydrogen) atoms. The highest BCUT2D eigenvalue weighted by molar-refractivity contribution is 6.67. The molecule has 0 saturated heterocycles. The second-order valence-corrected chi connectivity index (χ2v) is 8.18. The minimum absolute atomic E-state index is 0.0285. The van der Waals surface area contributed by atoms with E-state index in [1.807, 2.05) is 30.3 Å². The first-order valence-electron chi connectivity index (χ1n) is 7.67. The van der Waals surface area contributed by atoms with Crippen molar-refractivity contribution in [2.45, 2.75) is 30.2 Å². The predicted octanol–water partition coefficient (Wildman–Crippen LogP) is 4.20. The fourth-order valence-electron chi connectivity index (χ4n) is 2.40. The summed E-state index contributed by atoms with van der Waals surface area (Å²) in [6.07, 6.45) is -1.01. The van der Waals surface area contributed by atoms with Crippen LogP contribution in [0.1, 0.15) is 19.4 Å². The molecule has 0 radical (unpaired) electrons. The second-order valence-electron chi connectivity index (χ2n) is 5.67. The lowest BCUT2D eigenvalue weighted by atomic mass is 10.1. The first-order valence-corrected chi connectivity index (χ1v) is 8.80. The number of alkyl halides is 3. The van der Waals surface area contributed by atoms with Gasteiger partial charge in [-0.25, -0.2) is 9.69 Å². The van der Waals surface area contributed by atoms with Crippen LogP contribution in [0.25, 0.3) is 0 Å². The standard InChI is InChI=1S/C17H17Cl3N2O4/c1-10(21-8-12-6-4-3-5-7-12)13-14(23)11(2)22(15(13)24)16(25)26-9-17(18,19)20/h3-7,11,23H,8-9H2,1-2H3/t11-/m0/s1. The normalized spacial score (nSPS) is 18.5. The third kappa shape index (κ3) is 4.90. The molecule has 0 unspecified atom stereocenters. The van der Waals surface area contributed by atoms with Crippen LogP contribution in [0.15, 0.2) is 46.7 Å². The molecule has 1 aliphatic rings. The number of hydrogen-bond acceptors (Lipinski definition) is 5. The molecule has 1 atom stereocenters. The fourth-order valence-corrected chi connectivity index (χ4v) is 2.57. The van der Waals surface area contributed by atoms with Crippen molar-refractivity contribution in [2.24, 2.45) is 4.99 Å². The predicted molar refractivity (Wildman–Crippen MR) is 101 cm³/mol. The van der Waals surface area contributed by atoms with E-state index in [-0.39, 0.29) is 11.3 Å². The number of nitrogens with zero attached hydrogens (tertiary/aromatic N) is 2. The van der Waals surface area contributed by atoms with Crippen molar-refractivity contribution in [3.05, 3.63) is 47.2 Å². The molecule has 0 spiro atoms. The third-order valence-electron chi connectivity index (χ3n) is 3.73. The number of rotatable bonds is 4. The lowest BCUT2D eigenvalue weighted by molar-refractivity contribution is -0.124. The van der Waals surface area contributed by atoms with Crippen molar-refractivity contribution in [2.75, 3.05) is 6.61 Å². The topological polar surface area (TPSA) is 79.2 Å². The van der Waals surface area contributed by atoms with Crippen LogP contribution >= 0.6 is 34.8 Å². The van der Waals surface area contributed by atoms with Gasteiger partial charge in [0, 0.05) is 5.71 Å². The van der Waals surface area contributed by atoms with Crippen LogP contribution in [-0.2, 0) is 16.1 Å². The van der Waals surface area contributed by atoms with Gasteiger partial charge < -0.3 is 9.84 Å². The number of amides is 2. The van der Waals surface area contributed by atoms with Crippen LogP contribution in [0.4, 0.5) is 4.79 Å². The van der Waals surface area contributed by atoms with E-state index < -0.39 is 28.4 Å². The Bertz CT molecular complexity index is 757. The summed E-state index contributed by atoms with van der Waals surface area (Å²) in [5, 5.41) is 10.3. The number of aliphatic hydroxyl groups is 1. The molecule has 6 nitrogen and oxygen atoms in total. The Morgan fingerprint density at radius 1 is 1.31 bits per heavy atom. The van der Waals surface area contributed by atoms with Gasteiger partial charge in [0.25, 0.3) is 5.91 Å². The molecule has 0 bridgehead atoms. The van der Waals surface area contributed by atoms with E-state index in [0.717, 1.165) is 10.5 Å². The van der Waals surface area contributed by atoms with E-state index in [9.17, 15) is 14.7 Å². The summed E-state index contributed by atoms with van der Waals surface area (Å²) in [7, 11) is 0. The number of imide groups is 1. The summed E-state index contributed by atoms with van der Waals surface area (Å²) in [6, 6.07) is 8.53. The molecule has 1 aromatic rings. The van der Waals surface area contributed by atoms with Crippen LogP contribution in [0.5, 0.6) is 0 Å². The number of ether oxygens (including phenoxy) is 1. The van der Waals surface area contributed by atoms with E-state index in [0.29, 0.717) is 12.3 Å². The van der Waals surface area contributed by atoms with Gasteiger partial charge in [-0.1, -0.05) is 65.1 Å². The van der Waals surface area contributed by atoms with Crippen LogP contribution < -0.4 is 0 Å². The SMILES string of the molecule is CC(=NCc1ccccc1)C1=C(O)[C@H](C)N(C(=O)OCC(Cl)(Cl)Cl)C1=O. The molecule has 140 valence electrons. The number of carbonyl (C=O) groups is 2. The third-order valence-corrected chi connectivity index (χ3v) is 4.06. The van der Waals surface area contributed by atoms with Gasteiger partial charge in [0.15, 0.2) is 0 Å². The largest absolute Gasteiger partial charge is 0.509 e. The number of benzene rings is 1. The van der Waals surface area contributed by atoms with Crippen LogP contribution in [0.3, 0.4) is 0 Å². The van der Waals surface area contributed by atoms with Crippen LogP contribution in [-0.4, -0.2) is 44.2 Å². The number of carbonyl (C=O) groups excluding carboxylic acids is 2. The molecular formula is C17H17Cl3N2O4. The zero-order chi connectivity index (χ0) is 19.5. The van der Waals surface area contributed by atoms with Crippen LogP contribution in [0.2, 0.25) is 0 Å². The molecule has 2 rings (SSSR count). The highest BCUT2D eigenvalue weighted by Gasteiger charge is 2.43. The van der Waals surface area contributed by atoms with Gasteiger partial charge in [0.1, 0.15) is 17.9 Å². The summed E-state index contributed by atoms with van der Waals surface area (Å²) < 4.78 is 3.03. The first kappa shape index (κ1) is 20.6. The van der Waals surface area contributed by atoms with Crippen molar-refractivity contribution >= 4 is 52.5 Å². The summed E-state index contributed by atoms with van der Waals surface area (Å²) in [6.45, 7) is 2.89. The first-order chi connectivity index (χ1) is 12.1. The van der Waals surface area contributed by atoms with Crippen molar-refractivity contribution < 1.29 is 19.4 Å². The van der Waals surface area contributed by atoms with Gasteiger partial charge >= 0.3 is 6.09 Å². The molecule has 1 heterocycles. The molecule has 0 fully saturated rings. The van der Waals surface area contributed by atoms with Gasteiger partial charge in [0.05, 0.1) is 12.6 Å². The quantitative estimate of drug-likeness (QED) is 0.586. The van der Waals surface area contributed by atoms with E-state index >= 15 is 0 Å². The Labute approximate surface area is 166 Å². The van der Waals surface area contributed by atoms with Gasteiger partial charge in [-0.2, -0.15) is 0 Å². The fraction of sp³-hybridized carbons (Fsp3) is 0.353. The molecule has 0 saturated carbocycles. The van der Waals surface area contributed by atoms with E-state index in [4.69, 9.17) is 39.5 Å². The summed E-state index contributed by atoms with van der Waals surface area (Å²) in [5.41, 5.74) is 1.24. The lowest BCUT2D eigenvalue weighted by Gasteiger charge is -2.21. The minimum atomic E-state index is -1.80. The zero-order valence-electron chi connectivity index (χ0n) is 14.1.